The second-order valence-electron chi connectivity index (χ2n) is 3.72. The maximum Gasteiger partial charge on any atom is 0.331 e. The van der Waals surface area contributed by atoms with Gasteiger partial charge < -0.3 is 21.1 Å². The van der Waals surface area contributed by atoms with E-state index < -0.39 is 23.9 Å². The molecule has 0 saturated heterocycles. The van der Waals surface area contributed by atoms with Crippen molar-refractivity contribution >= 4 is 29.2 Å². The van der Waals surface area contributed by atoms with E-state index in [2.05, 4.69) is 5.32 Å². The summed E-state index contributed by atoms with van der Waals surface area (Å²) in [5.41, 5.74) is 5.02. The van der Waals surface area contributed by atoms with Crippen LogP contribution < -0.4 is 11.1 Å². The minimum Gasteiger partial charge on any atom is -0.479 e. The van der Waals surface area contributed by atoms with Crippen LogP contribution in [-0.2, 0) is 9.59 Å². The van der Waals surface area contributed by atoms with Gasteiger partial charge in [0, 0.05) is 11.4 Å². The molecule has 0 fully saturated rings. The van der Waals surface area contributed by atoms with E-state index in [9.17, 15) is 14.4 Å². The zero-order valence-electron chi connectivity index (χ0n) is 10.3. The first-order valence-corrected chi connectivity index (χ1v) is 6.43. The molecule has 0 saturated carbocycles. The van der Waals surface area contributed by atoms with E-state index in [-0.39, 0.29) is 13.1 Å². The van der Waals surface area contributed by atoms with Crippen molar-refractivity contribution in [1.29, 1.82) is 0 Å². The Morgan fingerprint density at radius 2 is 2.21 bits per heavy atom. The number of hydrogen-bond acceptors (Lipinski definition) is 4. The average molecular weight is 285 g/mol. The number of amides is 3. The summed E-state index contributed by atoms with van der Waals surface area (Å²) in [5, 5.41) is 13.2. The van der Waals surface area contributed by atoms with Gasteiger partial charge in [0.05, 0.1) is 0 Å². The lowest BCUT2D eigenvalue weighted by atomic mass is 10.2. The first-order valence-electron chi connectivity index (χ1n) is 5.55. The summed E-state index contributed by atoms with van der Waals surface area (Å²) in [7, 11) is 0. The van der Waals surface area contributed by atoms with Crippen molar-refractivity contribution in [3.63, 3.8) is 0 Å². The molecule has 1 aromatic rings. The number of aliphatic carboxylic acids is 1. The predicted octanol–water partition coefficient (Wildman–Crippen LogP) is 0.391. The van der Waals surface area contributed by atoms with Crippen LogP contribution in [0.5, 0.6) is 0 Å². The number of rotatable bonds is 6. The molecule has 0 spiro atoms. The van der Waals surface area contributed by atoms with Crippen molar-refractivity contribution in [2.45, 2.75) is 13.0 Å². The van der Waals surface area contributed by atoms with Crippen molar-refractivity contribution < 1.29 is 19.5 Å². The van der Waals surface area contributed by atoms with Crippen LogP contribution in [0, 0.1) is 0 Å². The molecule has 1 aromatic heterocycles. The number of primary amides is 1. The van der Waals surface area contributed by atoms with E-state index >= 15 is 0 Å². The number of nitrogens with one attached hydrogen (secondary N) is 1. The third-order valence-electron chi connectivity index (χ3n) is 2.36. The summed E-state index contributed by atoms with van der Waals surface area (Å²) in [6.45, 7) is 1.67. The largest absolute Gasteiger partial charge is 0.479 e. The van der Waals surface area contributed by atoms with E-state index in [1.807, 2.05) is 0 Å². The molecule has 0 aliphatic rings. The van der Waals surface area contributed by atoms with Crippen LogP contribution in [-0.4, -0.2) is 41.0 Å². The lowest BCUT2D eigenvalue weighted by Crippen LogP contribution is -2.46. The van der Waals surface area contributed by atoms with Crippen LogP contribution in [0.3, 0.4) is 0 Å². The summed E-state index contributed by atoms with van der Waals surface area (Å²) in [4.78, 5) is 35.5. The lowest BCUT2D eigenvalue weighted by Gasteiger charge is -2.22. The number of carboxylic acid groups (broad SMARTS) is 1. The van der Waals surface area contributed by atoms with Crippen molar-refractivity contribution in [3.05, 3.63) is 22.4 Å². The molecule has 1 heterocycles. The second kappa shape index (κ2) is 6.74. The smallest absolute Gasteiger partial charge is 0.331 e. The van der Waals surface area contributed by atoms with Gasteiger partial charge in [-0.05, 0) is 18.4 Å². The van der Waals surface area contributed by atoms with Crippen molar-refractivity contribution in [1.82, 2.24) is 10.2 Å². The highest BCUT2D eigenvalue weighted by Crippen LogP contribution is 2.19. The topological polar surface area (TPSA) is 113 Å². The summed E-state index contributed by atoms with van der Waals surface area (Å²) in [6.07, 6.45) is 0. The number of carbonyl (C=O) groups is 3. The number of nitrogens with zero attached hydrogens (tertiary/aromatic N) is 1. The molecule has 4 N–H and O–H groups in total. The fourth-order valence-electron chi connectivity index (χ4n) is 1.44. The monoisotopic (exact) mass is 285 g/mol. The average Bonchev–Trinajstić information content (AvgIpc) is 2.85. The molecule has 8 heteroatoms. The Balaban J connectivity index is 2.76. The highest BCUT2D eigenvalue weighted by atomic mass is 32.1. The summed E-state index contributed by atoms with van der Waals surface area (Å²) in [5.74, 6) is -1.81. The van der Waals surface area contributed by atoms with Gasteiger partial charge in [0.2, 0.25) is 5.91 Å². The van der Waals surface area contributed by atoms with Gasteiger partial charge >= 0.3 is 12.0 Å². The number of hydrogen-bond donors (Lipinski definition) is 3. The maximum atomic E-state index is 11.9. The minimum atomic E-state index is -1.16. The SMILES string of the molecule is CCN(CC(N)=O)C(=O)NC(C(=O)O)c1cccs1. The quantitative estimate of drug-likeness (QED) is 0.701. The number of urea groups is 1. The first-order chi connectivity index (χ1) is 8.95. The summed E-state index contributed by atoms with van der Waals surface area (Å²) < 4.78 is 0. The van der Waals surface area contributed by atoms with Crippen LogP contribution in [0.4, 0.5) is 4.79 Å². The zero-order valence-corrected chi connectivity index (χ0v) is 11.1. The Labute approximate surface area is 114 Å². The van der Waals surface area contributed by atoms with Gasteiger partial charge in [-0.1, -0.05) is 6.07 Å². The number of carboxylic acids is 1. The Bertz CT molecular complexity index is 461. The zero-order chi connectivity index (χ0) is 14.4. The number of likely N-dealkylation sites (N-methyl/N-ethyl adjacent to an activating group) is 1. The molecule has 1 atom stereocenters. The Kier molecular flexibility index (Phi) is 5.31. The van der Waals surface area contributed by atoms with Gasteiger partial charge in [-0.15, -0.1) is 11.3 Å². The van der Waals surface area contributed by atoms with Gasteiger partial charge in [-0.2, -0.15) is 0 Å². The third-order valence-corrected chi connectivity index (χ3v) is 3.30. The normalized spacial score (nSPS) is 11.6. The van der Waals surface area contributed by atoms with Crippen molar-refractivity contribution in [2.75, 3.05) is 13.1 Å². The fourth-order valence-corrected chi connectivity index (χ4v) is 2.21. The minimum absolute atomic E-state index is 0.251. The highest BCUT2D eigenvalue weighted by molar-refractivity contribution is 7.10. The molecular weight excluding hydrogens is 270 g/mol. The molecule has 3 amide bonds. The third kappa shape index (κ3) is 4.25. The van der Waals surface area contributed by atoms with E-state index in [1.54, 1.807) is 24.4 Å². The molecule has 1 rings (SSSR count). The van der Waals surface area contributed by atoms with Gasteiger partial charge in [0.25, 0.3) is 0 Å². The molecule has 0 aliphatic heterocycles. The standard InChI is InChI=1S/C11H15N3O4S/c1-2-14(6-8(12)15)11(18)13-9(10(16)17)7-4-3-5-19-7/h3-5,9H,2,6H2,1H3,(H2,12,15)(H,13,18)(H,16,17). The van der Waals surface area contributed by atoms with Crippen molar-refractivity contribution in [3.8, 4) is 0 Å². The molecule has 7 nitrogen and oxygen atoms in total. The molecule has 0 bridgehead atoms. The highest BCUT2D eigenvalue weighted by Gasteiger charge is 2.25. The molecule has 0 aromatic carbocycles. The van der Waals surface area contributed by atoms with Gasteiger partial charge in [0.15, 0.2) is 6.04 Å². The Hall–Kier alpha value is -2.09. The summed E-state index contributed by atoms with van der Waals surface area (Å²) >= 11 is 1.23. The Morgan fingerprint density at radius 1 is 1.53 bits per heavy atom. The second-order valence-corrected chi connectivity index (χ2v) is 4.70. The van der Waals surface area contributed by atoms with Crippen molar-refractivity contribution in [2.24, 2.45) is 5.73 Å². The number of thiophene rings is 1. The van der Waals surface area contributed by atoms with Crippen LogP contribution >= 0.6 is 11.3 Å². The lowest BCUT2D eigenvalue weighted by molar-refractivity contribution is -0.139. The molecule has 104 valence electrons. The van der Waals surface area contributed by atoms with Gasteiger partial charge in [-0.25, -0.2) is 9.59 Å². The molecule has 19 heavy (non-hydrogen) atoms. The van der Waals surface area contributed by atoms with Crippen LogP contribution in [0.2, 0.25) is 0 Å². The molecule has 0 aliphatic carbocycles. The maximum absolute atomic E-state index is 11.9. The Morgan fingerprint density at radius 3 is 2.63 bits per heavy atom. The first kappa shape index (κ1) is 15.0. The van der Waals surface area contributed by atoms with Crippen LogP contribution in [0.25, 0.3) is 0 Å². The van der Waals surface area contributed by atoms with Gasteiger partial charge in [0.1, 0.15) is 6.54 Å². The van der Waals surface area contributed by atoms with Gasteiger partial charge in [-0.3, -0.25) is 4.79 Å². The predicted molar refractivity (Wildman–Crippen MR) is 69.7 cm³/mol. The van der Waals surface area contributed by atoms with E-state index in [0.29, 0.717) is 4.88 Å². The number of carbonyl (C=O) groups excluding carboxylic acids is 2. The summed E-state index contributed by atoms with van der Waals surface area (Å²) in [6, 6.07) is 1.55. The fraction of sp³-hybridized carbons (Fsp3) is 0.364. The number of nitrogens with two attached hydrogens (primary N) is 1. The molecular formula is C11H15N3O4S. The van der Waals surface area contributed by atoms with Crippen LogP contribution in [0.1, 0.15) is 17.8 Å². The van der Waals surface area contributed by atoms with E-state index in [4.69, 9.17) is 10.8 Å². The van der Waals surface area contributed by atoms with E-state index in [0.717, 1.165) is 4.90 Å². The molecule has 1 unspecified atom stereocenters. The molecule has 0 radical (unpaired) electrons. The van der Waals surface area contributed by atoms with Crippen LogP contribution in [0.15, 0.2) is 17.5 Å². The van der Waals surface area contributed by atoms with E-state index in [1.165, 1.54) is 11.3 Å².